The third kappa shape index (κ3) is 5.72. The zero-order valence-corrected chi connectivity index (χ0v) is 14.8. The highest BCUT2D eigenvalue weighted by molar-refractivity contribution is 5.74. The van der Waals surface area contributed by atoms with Crippen molar-refractivity contribution in [2.45, 2.75) is 19.1 Å². The minimum absolute atomic E-state index is 0.228. The normalized spacial score (nSPS) is 16.2. The van der Waals surface area contributed by atoms with Gasteiger partial charge in [-0.3, -0.25) is 4.90 Å². The van der Waals surface area contributed by atoms with Crippen molar-refractivity contribution in [3.8, 4) is 5.69 Å². The molecule has 1 fully saturated rings. The van der Waals surface area contributed by atoms with Crippen molar-refractivity contribution >= 4 is 6.03 Å². The van der Waals surface area contributed by atoms with E-state index in [4.69, 9.17) is 0 Å². The molecule has 1 aliphatic rings. The second-order valence-electron chi connectivity index (χ2n) is 6.51. The monoisotopic (exact) mass is 381 g/mol. The van der Waals surface area contributed by atoms with Crippen LogP contribution in [0.15, 0.2) is 42.7 Å². The average Bonchev–Trinajstić information content (AvgIpc) is 3.07. The number of hydrogen-bond acceptors (Lipinski definition) is 3. The smallest absolute Gasteiger partial charge is 0.334 e. The molecule has 9 heteroatoms. The van der Waals surface area contributed by atoms with Gasteiger partial charge in [0.2, 0.25) is 0 Å². The molecule has 0 saturated carbocycles. The summed E-state index contributed by atoms with van der Waals surface area (Å²) in [6, 6.07) is 9.23. The molecule has 146 valence electrons. The first-order valence-corrected chi connectivity index (χ1v) is 8.81. The van der Waals surface area contributed by atoms with E-state index >= 15 is 0 Å². The van der Waals surface area contributed by atoms with E-state index in [1.165, 1.54) is 4.90 Å². The van der Waals surface area contributed by atoms with Gasteiger partial charge in [-0.15, -0.1) is 0 Å². The molecule has 1 aromatic heterocycles. The van der Waals surface area contributed by atoms with Crippen LogP contribution in [0.2, 0.25) is 0 Å². The lowest BCUT2D eigenvalue weighted by atomic mass is 10.2. The Bertz CT molecular complexity index is 730. The highest BCUT2D eigenvalue weighted by atomic mass is 19.4. The van der Waals surface area contributed by atoms with Crippen molar-refractivity contribution in [2.75, 3.05) is 32.7 Å². The summed E-state index contributed by atoms with van der Waals surface area (Å²) in [7, 11) is 0. The topological polar surface area (TPSA) is 53.4 Å². The van der Waals surface area contributed by atoms with Gasteiger partial charge in [-0.05, 0) is 30.2 Å². The van der Waals surface area contributed by atoms with Crippen LogP contribution in [0.4, 0.5) is 18.0 Å². The molecule has 3 rings (SSSR count). The maximum absolute atomic E-state index is 12.5. The minimum Gasteiger partial charge on any atom is -0.334 e. The van der Waals surface area contributed by atoms with Crippen LogP contribution in [-0.2, 0) is 6.54 Å². The molecule has 1 aliphatic heterocycles. The lowest BCUT2D eigenvalue weighted by molar-refractivity contribution is -0.145. The number of amides is 2. The Balaban J connectivity index is 1.47. The van der Waals surface area contributed by atoms with E-state index in [9.17, 15) is 18.0 Å². The maximum atomic E-state index is 12.5. The number of halogens is 3. The summed E-state index contributed by atoms with van der Waals surface area (Å²) in [5, 5.41) is 6.99. The van der Waals surface area contributed by atoms with Gasteiger partial charge in [-0.1, -0.05) is 12.1 Å². The third-order valence-corrected chi connectivity index (χ3v) is 4.43. The number of urea groups is 1. The predicted octanol–water partition coefficient (Wildman–Crippen LogP) is 2.65. The first-order valence-electron chi connectivity index (χ1n) is 8.81. The largest absolute Gasteiger partial charge is 0.401 e. The fourth-order valence-corrected chi connectivity index (χ4v) is 3.06. The van der Waals surface area contributed by atoms with E-state index in [1.54, 1.807) is 15.8 Å². The zero-order valence-electron chi connectivity index (χ0n) is 14.8. The van der Waals surface area contributed by atoms with Crippen LogP contribution < -0.4 is 5.32 Å². The molecule has 0 bridgehead atoms. The van der Waals surface area contributed by atoms with Crippen LogP contribution in [0.25, 0.3) is 5.69 Å². The molecule has 0 spiro atoms. The van der Waals surface area contributed by atoms with Crippen molar-refractivity contribution in [3.63, 3.8) is 0 Å². The molecule has 1 aromatic carbocycles. The minimum atomic E-state index is -4.21. The first kappa shape index (κ1) is 19.2. The number of nitrogens with one attached hydrogen (secondary N) is 1. The van der Waals surface area contributed by atoms with Gasteiger partial charge >= 0.3 is 12.2 Å². The Morgan fingerprint density at radius 2 is 1.89 bits per heavy atom. The van der Waals surface area contributed by atoms with Crippen molar-refractivity contribution in [2.24, 2.45) is 0 Å². The van der Waals surface area contributed by atoms with E-state index in [0.717, 1.165) is 11.3 Å². The van der Waals surface area contributed by atoms with Gasteiger partial charge in [-0.2, -0.15) is 18.3 Å². The summed E-state index contributed by atoms with van der Waals surface area (Å²) in [6.07, 6.45) is -0.134. The molecule has 2 amide bonds. The van der Waals surface area contributed by atoms with E-state index in [1.807, 2.05) is 36.5 Å². The van der Waals surface area contributed by atoms with Gasteiger partial charge in [0.25, 0.3) is 0 Å². The predicted molar refractivity (Wildman–Crippen MR) is 94.5 cm³/mol. The van der Waals surface area contributed by atoms with E-state index in [0.29, 0.717) is 32.6 Å². The summed E-state index contributed by atoms with van der Waals surface area (Å²) in [5.74, 6) is 0. The Kier molecular flexibility index (Phi) is 6.00. The number of nitrogens with zero attached hydrogens (tertiary/aromatic N) is 4. The highest BCUT2D eigenvalue weighted by Crippen LogP contribution is 2.17. The number of hydrogen-bond donors (Lipinski definition) is 1. The zero-order chi connectivity index (χ0) is 19.3. The maximum Gasteiger partial charge on any atom is 0.401 e. The molecule has 0 atom stereocenters. The molecule has 6 nitrogen and oxygen atoms in total. The number of alkyl halides is 3. The Labute approximate surface area is 155 Å². The van der Waals surface area contributed by atoms with E-state index in [2.05, 4.69) is 10.4 Å². The molecule has 2 heterocycles. The Morgan fingerprint density at radius 1 is 1.11 bits per heavy atom. The van der Waals surface area contributed by atoms with Gasteiger partial charge in [0.05, 0.1) is 12.2 Å². The summed E-state index contributed by atoms with van der Waals surface area (Å²) < 4.78 is 39.3. The standard InChI is InChI=1S/C18H22F3N5O/c19-18(20,21)14-24-8-2-9-25(12-11-24)17(27)22-13-15-3-5-16(6-4-15)26-10-1-7-23-26/h1,3-7,10H,2,8-9,11-14H2,(H,22,27). The molecule has 27 heavy (non-hydrogen) atoms. The fourth-order valence-electron chi connectivity index (χ4n) is 3.06. The van der Waals surface area contributed by atoms with Crippen LogP contribution in [0, 0.1) is 0 Å². The van der Waals surface area contributed by atoms with Gasteiger partial charge in [0, 0.05) is 45.1 Å². The van der Waals surface area contributed by atoms with Crippen molar-refractivity contribution < 1.29 is 18.0 Å². The lowest BCUT2D eigenvalue weighted by Gasteiger charge is -2.23. The number of benzene rings is 1. The molecule has 0 unspecified atom stereocenters. The van der Waals surface area contributed by atoms with Crippen molar-refractivity contribution in [1.29, 1.82) is 0 Å². The van der Waals surface area contributed by atoms with Crippen LogP contribution in [-0.4, -0.2) is 64.5 Å². The number of aromatic nitrogens is 2. The SMILES string of the molecule is O=C(NCc1ccc(-n2cccn2)cc1)N1CCCN(CC(F)(F)F)CC1. The highest BCUT2D eigenvalue weighted by Gasteiger charge is 2.31. The summed E-state index contributed by atoms with van der Waals surface area (Å²) in [6.45, 7) is 0.758. The second kappa shape index (κ2) is 8.43. The van der Waals surface area contributed by atoms with Gasteiger partial charge < -0.3 is 10.2 Å². The molecular weight excluding hydrogens is 359 g/mol. The third-order valence-electron chi connectivity index (χ3n) is 4.43. The molecule has 2 aromatic rings. The van der Waals surface area contributed by atoms with Gasteiger partial charge in [-0.25, -0.2) is 9.48 Å². The molecule has 1 N–H and O–H groups in total. The van der Waals surface area contributed by atoms with Crippen LogP contribution in [0.3, 0.4) is 0 Å². The van der Waals surface area contributed by atoms with Crippen LogP contribution >= 0.6 is 0 Å². The van der Waals surface area contributed by atoms with Crippen LogP contribution in [0.1, 0.15) is 12.0 Å². The van der Waals surface area contributed by atoms with Crippen molar-refractivity contribution in [1.82, 2.24) is 24.9 Å². The fraction of sp³-hybridized carbons (Fsp3) is 0.444. The molecule has 1 saturated heterocycles. The average molecular weight is 381 g/mol. The van der Waals surface area contributed by atoms with Gasteiger partial charge in [0.1, 0.15) is 0 Å². The molecule has 0 radical (unpaired) electrons. The van der Waals surface area contributed by atoms with E-state index < -0.39 is 12.7 Å². The van der Waals surface area contributed by atoms with E-state index in [-0.39, 0.29) is 12.6 Å². The molecule has 0 aliphatic carbocycles. The number of rotatable bonds is 4. The Hall–Kier alpha value is -2.55. The number of carbonyl (C=O) groups excluding carboxylic acids is 1. The Morgan fingerprint density at radius 3 is 2.56 bits per heavy atom. The summed E-state index contributed by atoms with van der Waals surface area (Å²) in [4.78, 5) is 15.3. The summed E-state index contributed by atoms with van der Waals surface area (Å²) in [5.41, 5.74) is 1.86. The van der Waals surface area contributed by atoms with Crippen LogP contribution in [0.5, 0.6) is 0 Å². The lowest BCUT2D eigenvalue weighted by Crippen LogP contribution is -2.42. The van der Waals surface area contributed by atoms with Crippen molar-refractivity contribution in [3.05, 3.63) is 48.3 Å². The number of carbonyl (C=O) groups is 1. The summed E-state index contributed by atoms with van der Waals surface area (Å²) >= 11 is 0. The van der Waals surface area contributed by atoms with Gasteiger partial charge in [0.15, 0.2) is 0 Å². The molecular formula is C18H22F3N5O. The quantitative estimate of drug-likeness (QED) is 0.886. The second-order valence-corrected chi connectivity index (χ2v) is 6.51. The first-order chi connectivity index (χ1) is 12.9.